The predicted octanol–water partition coefficient (Wildman–Crippen LogP) is 7.01. The average molecular weight is 786 g/mol. The van der Waals surface area contributed by atoms with Crippen LogP contribution in [0.4, 0.5) is 0 Å². The van der Waals surface area contributed by atoms with Gasteiger partial charge < -0.3 is 50.5 Å². The van der Waals surface area contributed by atoms with Crippen LogP contribution in [0.15, 0.2) is 24.3 Å². The minimum Gasteiger partial charge on any atom is -0.394 e. The molecule has 0 aromatic carbocycles. The largest absolute Gasteiger partial charge is 0.394 e. The monoisotopic (exact) mass is 786 g/mol. The van der Waals surface area contributed by atoms with Crippen molar-refractivity contribution in [3.05, 3.63) is 24.3 Å². The number of amides is 1. The van der Waals surface area contributed by atoms with Gasteiger partial charge in [0.2, 0.25) is 18.0 Å². The molecule has 0 saturated carbocycles. The Morgan fingerprint density at radius 3 is 1.73 bits per heavy atom. The molecule has 55 heavy (non-hydrogen) atoms. The van der Waals surface area contributed by atoms with E-state index in [0.29, 0.717) is 19.3 Å². The molecule has 7 atom stereocenters. The summed E-state index contributed by atoms with van der Waals surface area (Å²) in [6.45, 7) is 3.25. The van der Waals surface area contributed by atoms with Crippen molar-refractivity contribution in [2.45, 2.75) is 236 Å². The summed E-state index contributed by atoms with van der Waals surface area (Å²) in [4.78, 5) is 13.0. The third-order valence-electron chi connectivity index (χ3n) is 10.8. The van der Waals surface area contributed by atoms with Gasteiger partial charge in [0.15, 0.2) is 0 Å². The highest BCUT2D eigenvalue weighted by Crippen LogP contribution is 2.29. The van der Waals surface area contributed by atoms with E-state index in [-0.39, 0.29) is 12.3 Å². The molecule has 1 aliphatic rings. The lowest BCUT2D eigenvalue weighted by atomic mass is 9.96. The van der Waals surface area contributed by atoms with E-state index in [9.17, 15) is 40.5 Å². The van der Waals surface area contributed by atoms with E-state index in [1.54, 1.807) is 0 Å². The molecule has 1 unspecified atom stereocenters. The Bertz CT molecular complexity index is 963. The number of ether oxygens (including phenoxy) is 2. The number of hydrogen-bond acceptors (Lipinski definition) is 10. The fourth-order valence-corrected chi connectivity index (χ4v) is 7.03. The number of rotatable bonds is 36. The topological polar surface area (TPSA) is 189 Å². The second kappa shape index (κ2) is 33.6. The van der Waals surface area contributed by atoms with Crippen LogP contribution in [0.2, 0.25) is 0 Å². The van der Waals surface area contributed by atoms with Crippen LogP contribution in [0.5, 0.6) is 0 Å². The van der Waals surface area contributed by atoms with Crippen molar-refractivity contribution in [1.82, 2.24) is 5.32 Å². The number of nitrogens with one attached hydrogen (secondary N) is 1. The Morgan fingerprint density at radius 1 is 0.709 bits per heavy atom. The minimum atomic E-state index is -3.03. The lowest BCUT2D eigenvalue weighted by Gasteiger charge is -2.44. The summed E-state index contributed by atoms with van der Waals surface area (Å²) >= 11 is 0. The van der Waals surface area contributed by atoms with E-state index >= 15 is 0 Å². The van der Waals surface area contributed by atoms with Crippen molar-refractivity contribution in [1.29, 1.82) is 0 Å². The molecular formula is C44H83NO10. The molecule has 1 heterocycles. The Labute approximate surface area is 334 Å². The average Bonchev–Trinajstić information content (AvgIpc) is 3.17. The van der Waals surface area contributed by atoms with Crippen LogP contribution in [-0.2, 0) is 14.3 Å². The number of allylic oxidation sites excluding steroid dienone is 4. The molecule has 0 aromatic heterocycles. The molecule has 0 radical (unpaired) electrons. The molecule has 1 rings (SSSR count). The highest BCUT2D eigenvalue weighted by molar-refractivity contribution is 5.76. The van der Waals surface area contributed by atoms with Gasteiger partial charge in [-0.2, -0.15) is 0 Å². The number of hydrogen-bond donors (Lipinski definition) is 8. The number of unbranched alkanes of at least 4 members (excludes halogenated alkanes) is 21. The smallest absolute Gasteiger partial charge is 0.245 e. The first kappa shape index (κ1) is 51.6. The van der Waals surface area contributed by atoms with Crippen LogP contribution >= 0.6 is 0 Å². The van der Waals surface area contributed by atoms with Gasteiger partial charge in [0.05, 0.1) is 25.4 Å². The van der Waals surface area contributed by atoms with Crippen molar-refractivity contribution in [3.8, 4) is 0 Å². The third-order valence-corrected chi connectivity index (χ3v) is 10.8. The number of carbonyl (C=O) groups is 1. The first-order valence-electron chi connectivity index (χ1n) is 22.2. The SMILES string of the molecule is CCCCC/C=C\C/C=C\CCCCCCCCCC(=O)N[C@@H](CO[C@H]1OC(CO)[C@H](O)[C@H](O)C1(O)O)[C@H](O)[C@H](O)CCCCCCCCCCCCCC. The zero-order chi connectivity index (χ0) is 40.6. The maximum Gasteiger partial charge on any atom is 0.245 e. The first-order chi connectivity index (χ1) is 26.6. The fraction of sp³-hybridized carbons (Fsp3) is 0.886. The van der Waals surface area contributed by atoms with E-state index in [1.807, 2.05) is 0 Å². The highest BCUT2D eigenvalue weighted by Gasteiger charge is 2.55. The quantitative estimate of drug-likeness (QED) is 0.0186. The third kappa shape index (κ3) is 24.2. The molecule has 1 fully saturated rings. The van der Waals surface area contributed by atoms with Gasteiger partial charge in [0, 0.05) is 6.42 Å². The second-order valence-electron chi connectivity index (χ2n) is 15.8. The highest BCUT2D eigenvalue weighted by atomic mass is 16.7. The van der Waals surface area contributed by atoms with Crippen molar-refractivity contribution < 1.29 is 50.0 Å². The van der Waals surface area contributed by atoms with Crippen LogP contribution in [0.1, 0.15) is 187 Å². The first-order valence-corrected chi connectivity index (χ1v) is 22.2. The van der Waals surface area contributed by atoms with E-state index in [1.165, 1.54) is 89.9 Å². The zero-order valence-corrected chi connectivity index (χ0v) is 34.7. The van der Waals surface area contributed by atoms with Crippen LogP contribution in [0.25, 0.3) is 0 Å². The molecule has 0 aliphatic carbocycles. The molecular weight excluding hydrogens is 702 g/mol. The number of aliphatic hydroxyl groups excluding tert-OH is 5. The van der Waals surface area contributed by atoms with Gasteiger partial charge in [-0.3, -0.25) is 4.79 Å². The minimum absolute atomic E-state index is 0.220. The molecule has 11 heteroatoms. The molecule has 1 saturated heterocycles. The van der Waals surface area contributed by atoms with Gasteiger partial charge in [-0.1, -0.05) is 160 Å². The lowest BCUT2D eigenvalue weighted by molar-refractivity contribution is -0.405. The van der Waals surface area contributed by atoms with Crippen LogP contribution in [-0.4, -0.2) is 104 Å². The van der Waals surface area contributed by atoms with Gasteiger partial charge in [0.25, 0.3) is 0 Å². The zero-order valence-electron chi connectivity index (χ0n) is 34.7. The standard InChI is InChI=1S/C44H83NO10/c1-3-5-7-9-11-13-15-17-18-19-20-21-23-25-27-29-31-33-39(48)45-36(35-54-43-44(52,53)42(51)41(50)38(34-46)55-43)40(49)37(47)32-30-28-26-24-22-16-14-12-10-8-6-4-2/h11,13,17-18,36-38,40-43,46-47,49-53H,3-10,12,14-16,19-35H2,1-2H3,(H,45,48)/b13-11-,18-17-/t36-,37+,38?,40-,41-,42-,43-/m0/s1. The molecule has 8 N–H and O–H groups in total. The summed E-state index contributed by atoms with van der Waals surface area (Å²) in [5, 5.41) is 75.4. The van der Waals surface area contributed by atoms with Crippen molar-refractivity contribution in [2.24, 2.45) is 0 Å². The summed E-state index contributed by atoms with van der Waals surface area (Å²) in [7, 11) is 0. The van der Waals surface area contributed by atoms with Gasteiger partial charge in [-0.25, -0.2) is 0 Å². The summed E-state index contributed by atoms with van der Waals surface area (Å²) in [6.07, 6.45) is 28.2. The summed E-state index contributed by atoms with van der Waals surface area (Å²) < 4.78 is 10.8. The van der Waals surface area contributed by atoms with Crippen LogP contribution in [0.3, 0.4) is 0 Å². The molecule has 0 spiro atoms. The Morgan fingerprint density at radius 2 is 1.18 bits per heavy atom. The Kier molecular flexibility index (Phi) is 31.5. The van der Waals surface area contributed by atoms with Gasteiger partial charge in [0.1, 0.15) is 24.4 Å². The van der Waals surface area contributed by atoms with Gasteiger partial charge in [-0.05, 0) is 44.9 Å². The van der Waals surface area contributed by atoms with E-state index in [2.05, 4.69) is 43.5 Å². The van der Waals surface area contributed by atoms with Gasteiger partial charge in [-0.15, -0.1) is 0 Å². The van der Waals surface area contributed by atoms with Crippen molar-refractivity contribution >= 4 is 5.91 Å². The Balaban J connectivity index is 2.48. The number of carbonyl (C=O) groups excluding carboxylic acids is 1. The molecule has 1 aliphatic heterocycles. The van der Waals surface area contributed by atoms with Crippen LogP contribution < -0.4 is 5.32 Å². The molecule has 0 aromatic rings. The van der Waals surface area contributed by atoms with Gasteiger partial charge >= 0.3 is 0 Å². The predicted molar refractivity (Wildman–Crippen MR) is 219 cm³/mol. The normalized spacial score (nSPS) is 21.7. The maximum absolute atomic E-state index is 13.0. The fourth-order valence-electron chi connectivity index (χ4n) is 7.03. The molecule has 0 bridgehead atoms. The second-order valence-corrected chi connectivity index (χ2v) is 15.8. The molecule has 324 valence electrons. The number of aliphatic hydroxyl groups is 7. The van der Waals surface area contributed by atoms with Crippen LogP contribution in [0, 0.1) is 0 Å². The maximum atomic E-state index is 13.0. The van der Waals surface area contributed by atoms with Crippen molar-refractivity contribution in [2.75, 3.05) is 13.2 Å². The Hall–Kier alpha value is -1.41. The summed E-state index contributed by atoms with van der Waals surface area (Å²) in [5.41, 5.74) is 0. The van der Waals surface area contributed by atoms with E-state index < -0.39 is 61.9 Å². The van der Waals surface area contributed by atoms with E-state index in [0.717, 1.165) is 57.8 Å². The summed E-state index contributed by atoms with van der Waals surface area (Å²) in [6, 6.07) is -1.12. The van der Waals surface area contributed by atoms with E-state index in [4.69, 9.17) is 9.47 Å². The summed E-state index contributed by atoms with van der Waals surface area (Å²) in [5.74, 6) is -3.36. The molecule has 11 nitrogen and oxygen atoms in total. The van der Waals surface area contributed by atoms with Crippen molar-refractivity contribution in [3.63, 3.8) is 0 Å². The molecule has 1 amide bonds. The lowest BCUT2D eigenvalue weighted by Crippen LogP contribution is -2.67.